The summed E-state index contributed by atoms with van der Waals surface area (Å²) in [5.74, 6) is 2.51. The van der Waals surface area contributed by atoms with Crippen LogP contribution in [0.3, 0.4) is 0 Å². The SMILES string of the molecule is C#CCO[C@H]1O[C@H](COCc2ccccc2)[C@@H](OCc2ccccc2)[C@H]1OCc1ccccc1. The zero-order chi connectivity index (χ0) is 23.4. The molecule has 34 heavy (non-hydrogen) atoms. The number of hydrogen-bond donors (Lipinski definition) is 0. The van der Waals surface area contributed by atoms with E-state index in [0.717, 1.165) is 16.7 Å². The van der Waals surface area contributed by atoms with Gasteiger partial charge in [0.2, 0.25) is 0 Å². The minimum atomic E-state index is -0.647. The van der Waals surface area contributed by atoms with Crippen LogP contribution in [0.15, 0.2) is 91.0 Å². The molecule has 0 spiro atoms. The van der Waals surface area contributed by atoms with Crippen molar-refractivity contribution in [2.45, 2.75) is 44.4 Å². The monoisotopic (exact) mass is 458 g/mol. The molecule has 5 nitrogen and oxygen atoms in total. The van der Waals surface area contributed by atoms with Crippen LogP contribution >= 0.6 is 0 Å². The van der Waals surface area contributed by atoms with Gasteiger partial charge in [-0.25, -0.2) is 0 Å². The highest BCUT2D eigenvalue weighted by Gasteiger charge is 2.47. The average Bonchev–Trinajstić information content (AvgIpc) is 3.22. The lowest BCUT2D eigenvalue weighted by Gasteiger charge is -2.25. The molecule has 0 aliphatic carbocycles. The van der Waals surface area contributed by atoms with E-state index in [-0.39, 0.29) is 18.8 Å². The Morgan fingerprint density at radius 3 is 1.68 bits per heavy atom. The van der Waals surface area contributed by atoms with Gasteiger partial charge in [0.05, 0.1) is 26.4 Å². The molecule has 3 aromatic carbocycles. The number of hydrogen-bond acceptors (Lipinski definition) is 5. The molecule has 5 heteroatoms. The molecule has 1 aliphatic rings. The summed E-state index contributed by atoms with van der Waals surface area (Å²) in [7, 11) is 0. The molecule has 1 heterocycles. The van der Waals surface area contributed by atoms with Crippen molar-refractivity contribution in [3.63, 3.8) is 0 Å². The fourth-order valence-corrected chi connectivity index (χ4v) is 3.87. The van der Waals surface area contributed by atoms with Gasteiger partial charge in [-0.15, -0.1) is 6.42 Å². The van der Waals surface area contributed by atoms with E-state index in [0.29, 0.717) is 26.4 Å². The minimum Gasteiger partial charge on any atom is -0.374 e. The van der Waals surface area contributed by atoms with E-state index < -0.39 is 12.4 Å². The van der Waals surface area contributed by atoms with Crippen LogP contribution in [0.4, 0.5) is 0 Å². The highest BCUT2D eigenvalue weighted by atomic mass is 16.7. The Labute approximate surface area is 201 Å². The van der Waals surface area contributed by atoms with Crippen LogP contribution in [0, 0.1) is 12.3 Å². The summed E-state index contributed by atoms with van der Waals surface area (Å²) in [6, 6.07) is 30.1. The Morgan fingerprint density at radius 2 is 1.15 bits per heavy atom. The minimum absolute atomic E-state index is 0.124. The zero-order valence-corrected chi connectivity index (χ0v) is 19.1. The average molecular weight is 459 g/mol. The van der Waals surface area contributed by atoms with Crippen molar-refractivity contribution in [2.24, 2.45) is 0 Å². The lowest BCUT2D eigenvalue weighted by Crippen LogP contribution is -2.39. The lowest BCUT2D eigenvalue weighted by atomic mass is 10.1. The summed E-state index contributed by atoms with van der Waals surface area (Å²) < 4.78 is 30.7. The second-order valence-electron chi connectivity index (χ2n) is 8.08. The second kappa shape index (κ2) is 13.0. The highest BCUT2D eigenvalue weighted by Crippen LogP contribution is 2.30. The Morgan fingerprint density at radius 1 is 0.647 bits per heavy atom. The van der Waals surface area contributed by atoms with Gasteiger partial charge in [0.15, 0.2) is 6.29 Å². The summed E-state index contributed by atoms with van der Waals surface area (Å²) in [6.07, 6.45) is 3.58. The molecular weight excluding hydrogens is 428 g/mol. The molecule has 0 radical (unpaired) electrons. The molecule has 1 aliphatic heterocycles. The second-order valence-corrected chi connectivity index (χ2v) is 8.08. The van der Waals surface area contributed by atoms with E-state index in [2.05, 4.69) is 5.92 Å². The van der Waals surface area contributed by atoms with E-state index in [9.17, 15) is 0 Å². The number of terminal acetylenes is 1. The first-order chi connectivity index (χ1) is 16.8. The molecule has 0 N–H and O–H groups in total. The quantitative estimate of drug-likeness (QED) is 0.367. The van der Waals surface area contributed by atoms with Gasteiger partial charge in [-0.2, -0.15) is 0 Å². The third kappa shape index (κ3) is 7.01. The van der Waals surface area contributed by atoms with Gasteiger partial charge >= 0.3 is 0 Å². The van der Waals surface area contributed by atoms with Crippen LogP contribution in [-0.2, 0) is 43.5 Å². The molecule has 176 valence electrons. The molecule has 0 unspecified atom stereocenters. The molecule has 1 fully saturated rings. The van der Waals surface area contributed by atoms with Crippen molar-refractivity contribution in [1.82, 2.24) is 0 Å². The Hall–Kier alpha value is -2.98. The molecule has 4 atom stereocenters. The van der Waals surface area contributed by atoms with Crippen molar-refractivity contribution in [2.75, 3.05) is 13.2 Å². The van der Waals surface area contributed by atoms with Crippen molar-refractivity contribution >= 4 is 0 Å². The van der Waals surface area contributed by atoms with Gasteiger partial charge in [-0.05, 0) is 16.7 Å². The smallest absolute Gasteiger partial charge is 0.188 e. The molecule has 0 saturated carbocycles. The predicted octanol–water partition coefficient (Wildman–Crippen LogP) is 4.75. The summed E-state index contributed by atoms with van der Waals surface area (Å²) in [5.41, 5.74) is 3.23. The van der Waals surface area contributed by atoms with Crippen LogP contribution in [0.2, 0.25) is 0 Å². The maximum Gasteiger partial charge on any atom is 0.188 e. The topological polar surface area (TPSA) is 46.2 Å². The predicted molar refractivity (Wildman–Crippen MR) is 130 cm³/mol. The lowest BCUT2D eigenvalue weighted by molar-refractivity contribution is -0.178. The maximum absolute atomic E-state index is 6.35. The Kier molecular flexibility index (Phi) is 9.27. The normalized spacial score (nSPS) is 21.9. The first-order valence-corrected chi connectivity index (χ1v) is 11.5. The largest absolute Gasteiger partial charge is 0.374 e. The number of benzene rings is 3. The van der Waals surface area contributed by atoms with Crippen LogP contribution in [0.1, 0.15) is 16.7 Å². The molecule has 3 aromatic rings. The molecule has 1 saturated heterocycles. The van der Waals surface area contributed by atoms with Crippen molar-refractivity contribution < 1.29 is 23.7 Å². The summed E-state index contributed by atoms with van der Waals surface area (Å²) in [4.78, 5) is 0. The van der Waals surface area contributed by atoms with E-state index >= 15 is 0 Å². The Bertz CT molecular complexity index is 1000. The van der Waals surface area contributed by atoms with Gasteiger partial charge in [0, 0.05) is 0 Å². The van der Waals surface area contributed by atoms with Gasteiger partial charge in [-0.1, -0.05) is 96.9 Å². The zero-order valence-electron chi connectivity index (χ0n) is 19.1. The molecule has 0 amide bonds. The van der Waals surface area contributed by atoms with Gasteiger partial charge in [0.1, 0.15) is 24.9 Å². The molecular formula is C29H30O5. The van der Waals surface area contributed by atoms with Crippen molar-refractivity contribution in [3.05, 3.63) is 108 Å². The van der Waals surface area contributed by atoms with Crippen LogP contribution in [-0.4, -0.2) is 37.8 Å². The number of ether oxygens (including phenoxy) is 5. The number of rotatable bonds is 12. The van der Waals surface area contributed by atoms with E-state index in [1.165, 1.54) is 0 Å². The van der Waals surface area contributed by atoms with E-state index in [1.807, 2.05) is 91.0 Å². The summed E-state index contributed by atoms with van der Waals surface area (Å²) in [5, 5.41) is 0. The van der Waals surface area contributed by atoms with Crippen molar-refractivity contribution in [3.8, 4) is 12.3 Å². The van der Waals surface area contributed by atoms with Crippen LogP contribution in [0.5, 0.6) is 0 Å². The summed E-state index contributed by atoms with van der Waals surface area (Å²) in [6.45, 7) is 1.79. The van der Waals surface area contributed by atoms with Crippen LogP contribution in [0.25, 0.3) is 0 Å². The fraction of sp³-hybridized carbons (Fsp3) is 0.310. The fourth-order valence-electron chi connectivity index (χ4n) is 3.87. The standard InChI is InChI=1S/C29H30O5/c1-2-18-31-29-28(33-21-25-16-10-5-11-17-25)27(32-20-24-14-8-4-9-15-24)26(34-29)22-30-19-23-12-6-3-7-13-23/h1,3-17,26-29H,18-22H2/t26-,27-,28-,29+/m1/s1. The third-order valence-corrected chi connectivity index (χ3v) is 5.56. The van der Waals surface area contributed by atoms with E-state index in [4.69, 9.17) is 30.1 Å². The molecule has 0 aromatic heterocycles. The summed E-state index contributed by atoms with van der Waals surface area (Å²) >= 11 is 0. The van der Waals surface area contributed by atoms with Gasteiger partial charge < -0.3 is 23.7 Å². The Balaban J connectivity index is 1.46. The van der Waals surface area contributed by atoms with E-state index in [1.54, 1.807) is 0 Å². The first kappa shape index (κ1) is 24.2. The van der Waals surface area contributed by atoms with Gasteiger partial charge in [0.25, 0.3) is 0 Å². The van der Waals surface area contributed by atoms with Crippen molar-refractivity contribution in [1.29, 1.82) is 0 Å². The maximum atomic E-state index is 6.35. The third-order valence-electron chi connectivity index (χ3n) is 5.56. The molecule has 4 rings (SSSR count). The highest BCUT2D eigenvalue weighted by molar-refractivity contribution is 5.15. The van der Waals surface area contributed by atoms with Gasteiger partial charge in [-0.3, -0.25) is 0 Å². The molecule has 0 bridgehead atoms. The first-order valence-electron chi connectivity index (χ1n) is 11.5. The van der Waals surface area contributed by atoms with Crippen LogP contribution < -0.4 is 0 Å².